The molecule has 4 rings (SSSR count). The molecular weight excluding hydrogens is 534 g/mol. The van der Waals surface area contributed by atoms with E-state index >= 15 is 0 Å². The number of carbonyl (C=O) groups excluding carboxylic acids is 3. The zero-order valence-electron chi connectivity index (χ0n) is 22.3. The van der Waals surface area contributed by atoms with Crippen LogP contribution in [0, 0.1) is 0 Å². The molecule has 4 atom stereocenters. The van der Waals surface area contributed by atoms with E-state index in [1.165, 1.54) is 23.0 Å². The highest BCUT2D eigenvalue weighted by Crippen LogP contribution is 2.23. The van der Waals surface area contributed by atoms with Crippen molar-refractivity contribution in [3.8, 4) is 0 Å². The van der Waals surface area contributed by atoms with Gasteiger partial charge in [0, 0.05) is 48.4 Å². The van der Waals surface area contributed by atoms with Gasteiger partial charge in [-0.05, 0) is 42.9 Å². The maximum Gasteiger partial charge on any atom is 0.326 e. The minimum atomic E-state index is -1.12. The van der Waals surface area contributed by atoms with Crippen LogP contribution in [0.2, 0.25) is 0 Å². The molecule has 0 aliphatic carbocycles. The largest absolute Gasteiger partial charge is 0.480 e. The van der Waals surface area contributed by atoms with Crippen molar-refractivity contribution in [2.24, 2.45) is 5.73 Å². The van der Waals surface area contributed by atoms with Crippen molar-refractivity contribution >= 4 is 46.4 Å². The van der Waals surface area contributed by atoms with E-state index in [0.717, 1.165) is 16.5 Å². The number of amides is 3. The Labute approximate surface area is 235 Å². The van der Waals surface area contributed by atoms with Crippen LogP contribution in [-0.4, -0.2) is 91.4 Å². The van der Waals surface area contributed by atoms with Crippen molar-refractivity contribution in [2.75, 3.05) is 18.6 Å². The van der Waals surface area contributed by atoms with Crippen LogP contribution in [0.4, 0.5) is 0 Å². The molecule has 1 aromatic carbocycles. The Hall–Kier alpha value is -3.84. The number of imidazole rings is 1. The number of carbonyl (C=O) groups is 4. The number of para-hydroxylation sites is 1. The van der Waals surface area contributed by atoms with E-state index < -0.39 is 47.9 Å². The molecule has 0 spiro atoms. The van der Waals surface area contributed by atoms with Gasteiger partial charge in [0.2, 0.25) is 17.7 Å². The van der Waals surface area contributed by atoms with Gasteiger partial charge in [-0.15, -0.1) is 0 Å². The lowest BCUT2D eigenvalue weighted by Crippen LogP contribution is -2.57. The third kappa shape index (κ3) is 7.02. The highest BCUT2D eigenvalue weighted by Gasteiger charge is 2.39. The number of hydrogen-bond acceptors (Lipinski definition) is 7. The summed E-state index contributed by atoms with van der Waals surface area (Å²) >= 11 is 1.49. The minimum absolute atomic E-state index is 0.182. The van der Waals surface area contributed by atoms with E-state index in [1.54, 1.807) is 12.4 Å². The van der Waals surface area contributed by atoms with E-state index in [2.05, 4.69) is 25.6 Å². The average Bonchev–Trinajstić information content (AvgIpc) is 3.71. The number of carboxylic acids is 1. The van der Waals surface area contributed by atoms with Crippen LogP contribution in [0.1, 0.15) is 30.5 Å². The topological polar surface area (TPSA) is 186 Å². The molecule has 1 fully saturated rings. The molecule has 1 aliphatic rings. The molecule has 4 unspecified atom stereocenters. The predicted molar refractivity (Wildman–Crippen MR) is 152 cm³/mol. The number of aromatic nitrogens is 3. The van der Waals surface area contributed by atoms with Crippen molar-refractivity contribution in [3.05, 3.63) is 54.2 Å². The molecule has 13 heteroatoms. The van der Waals surface area contributed by atoms with Gasteiger partial charge in [0.1, 0.15) is 18.1 Å². The Kier molecular flexibility index (Phi) is 9.83. The Balaban J connectivity index is 1.53. The van der Waals surface area contributed by atoms with Gasteiger partial charge in [-0.25, -0.2) is 9.78 Å². The number of benzene rings is 1. The zero-order chi connectivity index (χ0) is 28.6. The quantitative estimate of drug-likeness (QED) is 0.174. The molecule has 0 bridgehead atoms. The van der Waals surface area contributed by atoms with Crippen LogP contribution < -0.4 is 16.4 Å². The third-order valence-electron chi connectivity index (χ3n) is 7.11. The Morgan fingerprint density at radius 2 is 1.98 bits per heavy atom. The number of fused-ring (bicyclic) bond motifs is 1. The Morgan fingerprint density at radius 3 is 2.70 bits per heavy atom. The standard InChI is InChI=1S/C27H35N7O5S/c1-40-10-8-21(27(38)39)32-25(36)23-7-4-9-34(23)26(37)22(11-16-13-30-20-6-3-2-5-18(16)20)33-24(35)19(28)12-17-14-29-15-31-17/h2-3,5-6,13-15,19,21-23,30H,4,7-12,28H2,1H3,(H,29,31)(H,32,36)(H,33,35)(H,38,39). The zero-order valence-corrected chi connectivity index (χ0v) is 23.1. The highest BCUT2D eigenvalue weighted by atomic mass is 32.2. The monoisotopic (exact) mass is 569 g/mol. The number of aliphatic carboxylic acids is 1. The number of aromatic amines is 2. The normalized spacial score (nSPS) is 17.4. The number of likely N-dealkylation sites (tertiary alicyclic amines) is 1. The van der Waals surface area contributed by atoms with Gasteiger partial charge in [0.05, 0.1) is 12.4 Å². The highest BCUT2D eigenvalue weighted by molar-refractivity contribution is 7.98. The molecule has 1 aliphatic heterocycles. The second-order valence-corrected chi connectivity index (χ2v) is 10.9. The Morgan fingerprint density at radius 1 is 1.18 bits per heavy atom. The molecule has 0 radical (unpaired) electrons. The number of nitrogens with zero attached hydrogens (tertiary/aromatic N) is 2. The molecule has 0 saturated carbocycles. The molecule has 1 saturated heterocycles. The minimum Gasteiger partial charge on any atom is -0.480 e. The summed E-state index contributed by atoms with van der Waals surface area (Å²) in [6, 6.07) is 3.87. The van der Waals surface area contributed by atoms with E-state index in [0.29, 0.717) is 30.8 Å². The van der Waals surface area contributed by atoms with Crippen molar-refractivity contribution in [1.29, 1.82) is 0 Å². The number of carboxylic acid groups (broad SMARTS) is 1. The fourth-order valence-corrected chi connectivity index (χ4v) is 5.46. The summed E-state index contributed by atoms with van der Waals surface area (Å²) in [5.74, 6) is -1.97. The van der Waals surface area contributed by atoms with Gasteiger partial charge in [-0.2, -0.15) is 11.8 Å². The van der Waals surface area contributed by atoms with Crippen LogP contribution in [-0.2, 0) is 32.0 Å². The first-order valence-electron chi connectivity index (χ1n) is 13.2. The second kappa shape index (κ2) is 13.5. The van der Waals surface area contributed by atoms with Crippen LogP contribution in [0.15, 0.2) is 43.0 Å². The van der Waals surface area contributed by atoms with E-state index in [-0.39, 0.29) is 19.3 Å². The summed E-state index contributed by atoms with van der Waals surface area (Å²) in [4.78, 5) is 63.4. The molecule has 2 aromatic heterocycles. The molecule has 3 heterocycles. The first kappa shape index (κ1) is 29.2. The van der Waals surface area contributed by atoms with Gasteiger partial charge in [-0.1, -0.05) is 18.2 Å². The second-order valence-electron chi connectivity index (χ2n) is 9.88. The lowest BCUT2D eigenvalue weighted by Gasteiger charge is -2.30. The molecular formula is C27H35N7O5S. The van der Waals surface area contributed by atoms with Crippen LogP contribution in [0.25, 0.3) is 10.9 Å². The lowest BCUT2D eigenvalue weighted by molar-refractivity contribution is -0.145. The molecule has 3 amide bonds. The fourth-order valence-electron chi connectivity index (χ4n) is 4.99. The smallest absolute Gasteiger partial charge is 0.326 e. The first-order chi connectivity index (χ1) is 19.3. The maximum atomic E-state index is 13.9. The van der Waals surface area contributed by atoms with E-state index in [9.17, 15) is 24.3 Å². The number of H-pyrrole nitrogens is 2. The van der Waals surface area contributed by atoms with E-state index in [4.69, 9.17) is 5.73 Å². The van der Waals surface area contributed by atoms with E-state index in [1.807, 2.05) is 30.5 Å². The molecule has 3 aromatic rings. The first-order valence-corrected chi connectivity index (χ1v) is 14.6. The van der Waals surface area contributed by atoms with Crippen molar-refractivity contribution in [1.82, 2.24) is 30.5 Å². The number of thioether (sulfide) groups is 1. The summed E-state index contributed by atoms with van der Waals surface area (Å²) in [6.07, 6.45) is 8.40. The number of hydrogen-bond donors (Lipinski definition) is 6. The van der Waals surface area contributed by atoms with Gasteiger partial charge >= 0.3 is 5.97 Å². The van der Waals surface area contributed by atoms with Crippen molar-refractivity contribution in [3.63, 3.8) is 0 Å². The average molecular weight is 570 g/mol. The van der Waals surface area contributed by atoms with Crippen molar-refractivity contribution < 1.29 is 24.3 Å². The maximum absolute atomic E-state index is 13.9. The number of rotatable bonds is 13. The SMILES string of the molecule is CSCCC(NC(=O)C1CCCN1C(=O)C(Cc1c[nH]c2ccccc12)NC(=O)C(N)Cc1cnc[nH]1)C(=O)O. The number of nitrogens with one attached hydrogen (secondary N) is 4. The fraction of sp³-hybridized carbons (Fsp3) is 0.444. The summed E-state index contributed by atoms with van der Waals surface area (Å²) in [6.45, 7) is 0.319. The molecule has 7 N–H and O–H groups in total. The summed E-state index contributed by atoms with van der Waals surface area (Å²) < 4.78 is 0. The lowest BCUT2D eigenvalue weighted by atomic mass is 10.0. The predicted octanol–water partition coefficient (Wildman–Crippen LogP) is 0.802. The Bertz CT molecular complexity index is 1330. The van der Waals surface area contributed by atoms with Crippen molar-refractivity contribution in [2.45, 2.75) is 56.3 Å². The van der Waals surface area contributed by atoms with Gasteiger partial charge in [-0.3, -0.25) is 14.4 Å². The summed E-state index contributed by atoms with van der Waals surface area (Å²) in [7, 11) is 0. The molecule has 40 heavy (non-hydrogen) atoms. The molecule has 12 nitrogen and oxygen atoms in total. The summed E-state index contributed by atoms with van der Waals surface area (Å²) in [5, 5.41) is 15.9. The molecule has 214 valence electrons. The van der Waals surface area contributed by atoms with Crippen LogP contribution in [0.3, 0.4) is 0 Å². The van der Waals surface area contributed by atoms with Crippen LogP contribution in [0.5, 0.6) is 0 Å². The van der Waals surface area contributed by atoms with Crippen LogP contribution >= 0.6 is 11.8 Å². The van der Waals surface area contributed by atoms with Gasteiger partial charge in [0.25, 0.3) is 0 Å². The van der Waals surface area contributed by atoms with Gasteiger partial charge < -0.3 is 36.3 Å². The van der Waals surface area contributed by atoms with Gasteiger partial charge in [0.15, 0.2) is 0 Å². The summed E-state index contributed by atoms with van der Waals surface area (Å²) in [5.41, 5.74) is 8.58. The number of nitrogens with two attached hydrogens (primary N) is 1. The third-order valence-corrected chi connectivity index (χ3v) is 7.75.